The van der Waals surface area contributed by atoms with Gasteiger partial charge in [-0.15, -0.1) is 0 Å². The van der Waals surface area contributed by atoms with Crippen LogP contribution >= 0.6 is 0 Å². The Labute approximate surface area is 222 Å². The predicted molar refractivity (Wildman–Crippen MR) is 134 cm³/mol. The number of alkyl halides is 2. The Morgan fingerprint density at radius 1 is 1.28 bits per heavy atom. The highest BCUT2D eigenvalue weighted by atomic mass is 19.3. The number of carbonyl (C=O) groups is 2. The molecule has 1 aliphatic heterocycles. The lowest BCUT2D eigenvalue weighted by molar-refractivity contribution is -0.0399. The van der Waals surface area contributed by atoms with Crippen LogP contribution in [0.15, 0.2) is 28.8 Å². The van der Waals surface area contributed by atoms with Crippen LogP contribution in [0.1, 0.15) is 70.6 Å². The maximum absolute atomic E-state index is 13.6. The first-order chi connectivity index (χ1) is 18.4. The van der Waals surface area contributed by atoms with Crippen molar-refractivity contribution in [3.8, 4) is 29.0 Å². The highest BCUT2D eigenvalue weighted by molar-refractivity contribution is 6.05. The van der Waals surface area contributed by atoms with E-state index in [9.17, 15) is 23.5 Å². The summed E-state index contributed by atoms with van der Waals surface area (Å²) in [5.74, 6) is 2.72. The van der Waals surface area contributed by atoms with Gasteiger partial charge in [-0.2, -0.15) is 0 Å². The molecule has 1 fully saturated rings. The van der Waals surface area contributed by atoms with Crippen molar-refractivity contribution >= 4 is 11.8 Å². The van der Waals surface area contributed by atoms with Crippen molar-refractivity contribution < 1.29 is 32.7 Å². The van der Waals surface area contributed by atoms with Gasteiger partial charge in [0.15, 0.2) is 11.3 Å². The molecule has 204 valence electrons. The maximum Gasteiger partial charge on any atom is 0.270 e. The first kappa shape index (κ1) is 26.4. The molecular formula is C27H27F2N5O5. The molecule has 12 heteroatoms. The number of aryl methyl sites for hydroxylation is 1. The van der Waals surface area contributed by atoms with Crippen molar-refractivity contribution in [2.45, 2.75) is 63.6 Å². The quantitative estimate of drug-likeness (QED) is 0.432. The number of aromatic nitrogens is 3. The molecule has 2 amide bonds. The summed E-state index contributed by atoms with van der Waals surface area (Å²) < 4.78 is 39.6. The van der Waals surface area contributed by atoms with Crippen LogP contribution in [0.2, 0.25) is 0 Å². The van der Waals surface area contributed by atoms with Crippen LogP contribution in [-0.2, 0) is 12.1 Å². The lowest BCUT2D eigenvalue weighted by Crippen LogP contribution is -2.41. The van der Waals surface area contributed by atoms with Crippen molar-refractivity contribution in [1.29, 1.82) is 0 Å². The Balaban J connectivity index is 1.49. The Morgan fingerprint density at radius 3 is 2.69 bits per heavy atom. The largest absolute Gasteiger partial charge is 0.491 e. The van der Waals surface area contributed by atoms with E-state index in [2.05, 4.69) is 27.3 Å². The number of carbonyl (C=O) groups excluding carboxylic acids is 2. The second-order valence-electron chi connectivity index (χ2n) is 9.96. The van der Waals surface area contributed by atoms with Crippen LogP contribution in [0.5, 0.6) is 5.75 Å². The minimum atomic E-state index is -2.74. The molecule has 0 saturated heterocycles. The second kappa shape index (κ2) is 9.81. The average Bonchev–Trinajstić information content (AvgIpc) is 3.45. The van der Waals surface area contributed by atoms with Gasteiger partial charge in [-0.3, -0.25) is 9.59 Å². The van der Waals surface area contributed by atoms with E-state index in [-0.39, 0.29) is 61.7 Å². The Bertz CT molecular complexity index is 1500. The molecule has 1 atom stereocenters. The summed E-state index contributed by atoms with van der Waals surface area (Å²) in [4.78, 5) is 30.0. The van der Waals surface area contributed by atoms with Gasteiger partial charge in [-0.05, 0) is 44.9 Å². The number of benzene rings is 1. The molecule has 0 spiro atoms. The number of aliphatic hydroxyl groups is 1. The minimum Gasteiger partial charge on any atom is -0.491 e. The van der Waals surface area contributed by atoms with Gasteiger partial charge in [0, 0.05) is 30.5 Å². The van der Waals surface area contributed by atoms with E-state index in [1.807, 2.05) is 0 Å². The average molecular weight is 540 g/mol. The minimum absolute atomic E-state index is 0.0490. The molecule has 3 aromatic rings. The van der Waals surface area contributed by atoms with E-state index in [1.165, 1.54) is 6.92 Å². The van der Waals surface area contributed by atoms with E-state index in [0.29, 0.717) is 22.6 Å². The fraction of sp³-hybridized carbons (Fsp3) is 0.407. The van der Waals surface area contributed by atoms with Gasteiger partial charge in [0.05, 0.1) is 12.1 Å². The van der Waals surface area contributed by atoms with Crippen LogP contribution in [0.25, 0.3) is 11.4 Å². The van der Waals surface area contributed by atoms with Crippen LogP contribution in [0.4, 0.5) is 8.78 Å². The zero-order valence-corrected chi connectivity index (χ0v) is 21.4. The van der Waals surface area contributed by atoms with Gasteiger partial charge in [-0.25, -0.2) is 13.8 Å². The van der Waals surface area contributed by atoms with Crippen molar-refractivity contribution in [3.63, 3.8) is 0 Å². The van der Waals surface area contributed by atoms with Crippen LogP contribution in [-0.4, -0.2) is 50.2 Å². The van der Waals surface area contributed by atoms with E-state index >= 15 is 0 Å². The summed E-state index contributed by atoms with van der Waals surface area (Å²) >= 11 is 0. The molecule has 0 radical (unpaired) electrons. The SMILES string of the molecule is Cc1cc([C@](C)(O)C#Cc2ccc3c(c2)-c2nc(C(N)=O)c(C(=O)NC4CCC(F)(F)CC4)n2CCO3)no1. The third kappa shape index (κ3) is 5.35. The molecule has 3 heterocycles. The van der Waals surface area contributed by atoms with Gasteiger partial charge in [0.2, 0.25) is 5.92 Å². The fourth-order valence-electron chi connectivity index (χ4n) is 4.73. The van der Waals surface area contributed by atoms with Crippen LogP contribution < -0.4 is 15.8 Å². The smallest absolute Gasteiger partial charge is 0.270 e. The lowest BCUT2D eigenvalue weighted by Gasteiger charge is -2.28. The predicted octanol–water partition coefficient (Wildman–Crippen LogP) is 2.90. The first-order valence-electron chi connectivity index (χ1n) is 12.5. The molecule has 1 aromatic carbocycles. The number of nitrogens with one attached hydrogen (secondary N) is 1. The molecule has 1 aliphatic carbocycles. The number of nitrogens with zero attached hydrogens (tertiary/aromatic N) is 3. The third-order valence-electron chi connectivity index (χ3n) is 6.84. The van der Waals surface area contributed by atoms with Gasteiger partial charge in [0.1, 0.15) is 35.3 Å². The monoisotopic (exact) mass is 539 g/mol. The molecule has 0 unspecified atom stereocenters. The summed E-state index contributed by atoms with van der Waals surface area (Å²) in [5, 5.41) is 17.3. The number of primary amides is 1. The number of hydrogen-bond acceptors (Lipinski definition) is 7. The van der Waals surface area contributed by atoms with Crippen molar-refractivity contribution in [1.82, 2.24) is 20.0 Å². The Morgan fingerprint density at radius 2 is 2.03 bits per heavy atom. The number of halogens is 2. The highest BCUT2D eigenvalue weighted by Gasteiger charge is 2.37. The number of hydrogen-bond donors (Lipinski definition) is 3. The summed E-state index contributed by atoms with van der Waals surface area (Å²) in [6.07, 6.45) is -0.396. The molecule has 10 nitrogen and oxygen atoms in total. The van der Waals surface area contributed by atoms with Crippen molar-refractivity contribution in [2.24, 2.45) is 5.73 Å². The van der Waals surface area contributed by atoms with Crippen LogP contribution in [0, 0.1) is 18.8 Å². The zero-order valence-electron chi connectivity index (χ0n) is 21.4. The molecule has 1 saturated carbocycles. The number of nitrogens with two attached hydrogens (primary N) is 1. The van der Waals surface area contributed by atoms with E-state index < -0.39 is 29.4 Å². The number of rotatable bonds is 4. The number of fused-ring (bicyclic) bond motifs is 3. The normalized spacial score (nSPS) is 17.9. The summed E-state index contributed by atoms with van der Waals surface area (Å²) in [5.41, 5.74) is 4.98. The summed E-state index contributed by atoms with van der Waals surface area (Å²) in [7, 11) is 0. The van der Waals surface area contributed by atoms with Crippen molar-refractivity contribution in [3.05, 3.63) is 52.7 Å². The molecular weight excluding hydrogens is 512 g/mol. The second-order valence-corrected chi connectivity index (χ2v) is 9.96. The molecule has 5 rings (SSSR count). The van der Waals surface area contributed by atoms with E-state index in [1.54, 1.807) is 35.8 Å². The lowest BCUT2D eigenvalue weighted by atomic mass is 9.92. The molecule has 2 aromatic heterocycles. The Hall–Kier alpha value is -4.24. The van der Waals surface area contributed by atoms with E-state index in [4.69, 9.17) is 15.0 Å². The topological polar surface area (TPSA) is 146 Å². The van der Waals surface area contributed by atoms with Gasteiger partial charge in [0.25, 0.3) is 11.8 Å². The summed E-state index contributed by atoms with van der Waals surface area (Å²) in [6.45, 7) is 3.57. The number of amides is 2. The van der Waals surface area contributed by atoms with Crippen molar-refractivity contribution in [2.75, 3.05) is 6.61 Å². The summed E-state index contributed by atoms with van der Waals surface area (Å²) in [6, 6.07) is 6.20. The molecule has 2 aliphatic rings. The molecule has 39 heavy (non-hydrogen) atoms. The fourth-order valence-corrected chi connectivity index (χ4v) is 4.73. The molecule has 0 bridgehead atoms. The van der Waals surface area contributed by atoms with E-state index in [0.717, 1.165) is 0 Å². The number of imidazole rings is 1. The third-order valence-corrected chi connectivity index (χ3v) is 6.84. The molecule has 4 N–H and O–H groups in total. The van der Waals surface area contributed by atoms with Gasteiger partial charge >= 0.3 is 0 Å². The van der Waals surface area contributed by atoms with Gasteiger partial charge in [-0.1, -0.05) is 17.0 Å². The Kier molecular flexibility index (Phi) is 6.64. The maximum atomic E-state index is 13.6. The number of ether oxygens (including phenoxy) is 1. The highest BCUT2D eigenvalue weighted by Crippen LogP contribution is 2.36. The van der Waals surface area contributed by atoms with Gasteiger partial charge < -0.3 is 30.0 Å². The first-order valence-corrected chi connectivity index (χ1v) is 12.5. The van der Waals surface area contributed by atoms with Crippen LogP contribution in [0.3, 0.4) is 0 Å². The zero-order chi connectivity index (χ0) is 27.9. The standard InChI is InChI=1S/C27H27F2N5O5/c1-15-13-20(33-39-15)26(2,37)8-5-16-3-4-19-18(14-16)24-32-21(23(30)35)22(34(24)11-12-38-19)25(36)31-17-6-9-27(28,29)10-7-17/h3-4,13-14,17,37H,6-7,9-12H2,1-2H3,(H2,30,35)(H,31,36)/t26-/m1/s1.